The normalized spacial score (nSPS) is 19.4. The zero-order chi connectivity index (χ0) is 33.8. The second kappa shape index (κ2) is 14.7. The number of anilines is 1. The second-order valence-electron chi connectivity index (χ2n) is 11.4. The third-order valence-corrected chi connectivity index (χ3v) is 8.28. The van der Waals surface area contributed by atoms with Crippen molar-refractivity contribution >= 4 is 11.6 Å². The van der Waals surface area contributed by atoms with E-state index >= 15 is 0 Å². The van der Waals surface area contributed by atoms with E-state index in [0.29, 0.717) is 18.5 Å². The molecule has 7 nitrogen and oxygen atoms in total. The standard InChI is InChI=1S/C35H33F5N2O5/c1-19(33(44)22-6-4-3-5-7-22)42(2)17-25-16-26(21-10-8-20(18-43)9-11-21)47-35(46-25)23-12-14-24(15-13-23)41-34(45)27-28(36)30(38)32(40)31(39)29(27)37/h3-15,19,25-26,33,35,43-44H,16-18H2,1-2H3,(H,41,45)/t19-,25-,26+,33-,35+/m0/s1. The lowest BCUT2D eigenvalue weighted by atomic mass is 9.98. The van der Waals surface area contributed by atoms with Crippen LogP contribution in [0.15, 0.2) is 78.9 Å². The van der Waals surface area contributed by atoms with Crippen molar-refractivity contribution in [3.8, 4) is 0 Å². The first kappa shape index (κ1) is 34.1. The highest BCUT2D eigenvalue weighted by atomic mass is 19.2. The molecule has 0 radical (unpaired) electrons. The maximum absolute atomic E-state index is 14.1. The number of ether oxygens (including phenoxy) is 2. The quantitative estimate of drug-likeness (QED) is 0.0998. The van der Waals surface area contributed by atoms with Crippen molar-refractivity contribution in [3.63, 3.8) is 0 Å². The number of hydrogen-bond donors (Lipinski definition) is 3. The maximum Gasteiger partial charge on any atom is 0.261 e. The van der Waals surface area contributed by atoms with E-state index in [9.17, 15) is 37.0 Å². The van der Waals surface area contributed by atoms with Crippen LogP contribution < -0.4 is 5.32 Å². The first-order chi connectivity index (χ1) is 22.5. The number of hydrogen-bond acceptors (Lipinski definition) is 6. The Morgan fingerprint density at radius 2 is 1.43 bits per heavy atom. The van der Waals surface area contributed by atoms with E-state index in [1.165, 1.54) is 12.1 Å². The van der Waals surface area contributed by atoms with Gasteiger partial charge in [-0.05, 0) is 42.8 Å². The molecule has 3 N–H and O–H groups in total. The lowest BCUT2D eigenvalue weighted by Gasteiger charge is -2.39. The van der Waals surface area contributed by atoms with Crippen LogP contribution in [0.2, 0.25) is 0 Å². The summed E-state index contributed by atoms with van der Waals surface area (Å²) in [6.45, 7) is 2.24. The second-order valence-corrected chi connectivity index (χ2v) is 11.4. The molecule has 0 spiro atoms. The average Bonchev–Trinajstić information content (AvgIpc) is 3.09. The Morgan fingerprint density at radius 3 is 2.02 bits per heavy atom. The van der Waals surface area contributed by atoms with Crippen LogP contribution in [0.5, 0.6) is 0 Å². The topological polar surface area (TPSA) is 91.3 Å². The fraction of sp³-hybridized carbons (Fsp3) is 0.286. The van der Waals surface area contributed by atoms with Crippen molar-refractivity contribution in [1.82, 2.24) is 4.90 Å². The van der Waals surface area contributed by atoms with Gasteiger partial charge in [0.15, 0.2) is 29.6 Å². The molecule has 0 aliphatic carbocycles. The van der Waals surface area contributed by atoms with Gasteiger partial charge in [0.2, 0.25) is 5.82 Å². The van der Waals surface area contributed by atoms with Gasteiger partial charge in [0, 0.05) is 30.3 Å². The number of rotatable bonds is 10. The Morgan fingerprint density at radius 1 is 0.851 bits per heavy atom. The number of nitrogens with one attached hydrogen (secondary N) is 1. The molecule has 1 heterocycles. The van der Waals surface area contributed by atoms with Gasteiger partial charge in [-0.25, -0.2) is 22.0 Å². The third kappa shape index (κ3) is 7.53. The molecule has 0 unspecified atom stereocenters. The van der Waals surface area contributed by atoms with Crippen molar-refractivity contribution in [2.24, 2.45) is 0 Å². The van der Waals surface area contributed by atoms with Crippen molar-refractivity contribution in [1.29, 1.82) is 0 Å². The van der Waals surface area contributed by atoms with Crippen LogP contribution in [0, 0.1) is 29.1 Å². The summed E-state index contributed by atoms with van der Waals surface area (Å²) in [5, 5.41) is 22.6. The molecule has 1 aliphatic heterocycles. The number of carbonyl (C=O) groups is 1. The van der Waals surface area contributed by atoms with Crippen molar-refractivity contribution in [3.05, 3.63) is 136 Å². The number of amides is 1. The summed E-state index contributed by atoms with van der Waals surface area (Å²) in [4.78, 5) is 14.5. The molecule has 0 bridgehead atoms. The molecule has 5 atom stereocenters. The summed E-state index contributed by atoms with van der Waals surface area (Å²) in [7, 11) is 1.89. The predicted octanol–water partition coefficient (Wildman–Crippen LogP) is 6.73. The summed E-state index contributed by atoms with van der Waals surface area (Å²) in [6, 6.07) is 22.2. The van der Waals surface area contributed by atoms with Crippen molar-refractivity contribution < 1.29 is 46.4 Å². The van der Waals surface area contributed by atoms with E-state index in [-0.39, 0.29) is 24.4 Å². The lowest BCUT2D eigenvalue weighted by molar-refractivity contribution is -0.253. The van der Waals surface area contributed by atoms with Gasteiger partial charge in [-0.2, -0.15) is 0 Å². The van der Waals surface area contributed by atoms with Crippen LogP contribution in [0.1, 0.15) is 64.5 Å². The van der Waals surface area contributed by atoms with Gasteiger partial charge in [-0.1, -0.05) is 66.7 Å². The number of aliphatic hydroxyl groups is 2. The summed E-state index contributed by atoms with van der Waals surface area (Å²) in [5.74, 6) is -12.8. The molecule has 4 aromatic carbocycles. The first-order valence-corrected chi connectivity index (χ1v) is 14.8. The Hall–Kier alpha value is -4.20. The molecule has 47 heavy (non-hydrogen) atoms. The van der Waals surface area contributed by atoms with E-state index in [1.807, 2.05) is 61.3 Å². The largest absolute Gasteiger partial charge is 0.392 e. The number of benzene rings is 4. The lowest BCUT2D eigenvalue weighted by Crippen LogP contribution is -2.43. The van der Waals surface area contributed by atoms with E-state index in [1.54, 1.807) is 24.3 Å². The fourth-order valence-electron chi connectivity index (χ4n) is 5.41. The van der Waals surface area contributed by atoms with Crippen molar-refractivity contribution in [2.45, 2.75) is 50.6 Å². The Labute approximate surface area is 268 Å². The Bertz CT molecular complexity index is 1660. The molecule has 1 aliphatic rings. The van der Waals surface area contributed by atoms with Gasteiger partial charge in [-0.3, -0.25) is 9.69 Å². The maximum atomic E-state index is 14.1. The van der Waals surface area contributed by atoms with E-state index in [0.717, 1.165) is 16.7 Å². The molecule has 5 rings (SSSR count). The van der Waals surface area contributed by atoms with Crippen LogP contribution in [0.25, 0.3) is 0 Å². The predicted molar refractivity (Wildman–Crippen MR) is 163 cm³/mol. The van der Waals surface area contributed by atoms with Gasteiger partial charge in [0.05, 0.1) is 24.9 Å². The minimum atomic E-state index is -2.36. The number of carbonyl (C=O) groups excluding carboxylic acids is 1. The highest BCUT2D eigenvalue weighted by Crippen LogP contribution is 2.39. The zero-order valence-electron chi connectivity index (χ0n) is 25.5. The Kier molecular flexibility index (Phi) is 10.7. The SMILES string of the molecule is C[C@@H]([C@H](O)c1ccccc1)N(C)C[C@@H]1C[C@H](c2ccc(CO)cc2)O[C@H](c2ccc(NC(=O)c3c(F)c(F)c(F)c(F)c3F)cc2)O1. The third-order valence-electron chi connectivity index (χ3n) is 8.28. The molecule has 0 saturated carbocycles. The highest BCUT2D eigenvalue weighted by molar-refractivity contribution is 6.04. The van der Waals surface area contributed by atoms with Gasteiger partial charge in [0.1, 0.15) is 5.56 Å². The summed E-state index contributed by atoms with van der Waals surface area (Å²) in [6.07, 6.45) is -1.93. The molecule has 0 aromatic heterocycles. The minimum Gasteiger partial charge on any atom is -0.392 e. The van der Waals surface area contributed by atoms with E-state index < -0.39 is 59.1 Å². The van der Waals surface area contributed by atoms with E-state index in [4.69, 9.17) is 9.47 Å². The fourth-order valence-corrected chi connectivity index (χ4v) is 5.41. The molecular formula is C35H33F5N2O5. The Balaban J connectivity index is 1.34. The molecule has 248 valence electrons. The summed E-state index contributed by atoms with van der Waals surface area (Å²) >= 11 is 0. The zero-order valence-corrected chi connectivity index (χ0v) is 25.5. The van der Waals surface area contributed by atoms with Gasteiger partial charge in [0.25, 0.3) is 5.91 Å². The monoisotopic (exact) mass is 656 g/mol. The van der Waals surface area contributed by atoms with Crippen LogP contribution in [-0.2, 0) is 16.1 Å². The number of aliphatic hydroxyl groups excluding tert-OH is 2. The molecule has 1 saturated heterocycles. The number of halogens is 5. The van der Waals surface area contributed by atoms with Crippen LogP contribution >= 0.6 is 0 Å². The van der Waals surface area contributed by atoms with E-state index in [2.05, 4.69) is 5.32 Å². The first-order valence-electron chi connectivity index (χ1n) is 14.8. The average molecular weight is 657 g/mol. The smallest absolute Gasteiger partial charge is 0.261 e. The number of nitrogens with zero attached hydrogens (tertiary/aromatic N) is 1. The number of likely N-dealkylation sites (N-methyl/N-ethyl adjacent to an activating group) is 1. The van der Waals surface area contributed by atoms with Gasteiger partial charge < -0.3 is 25.0 Å². The minimum absolute atomic E-state index is 0.0228. The molecule has 4 aromatic rings. The molecular weight excluding hydrogens is 623 g/mol. The molecule has 12 heteroatoms. The highest BCUT2D eigenvalue weighted by Gasteiger charge is 2.34. The molecule has 1 amide bonds. The summed E-state index contributed by atoms with van der Waals surface area (Å²) in [5.41, 5.74) is 1.33. The van der Waals surface area contributed by atoms with Crippen molar-refractivity contribution in [2.75, 3.05) is 18.9 Å². The van der Waals surface area contributed by atoms with Gasteiger partial charge in [-0.15, -0.1) is 0 Å². The molecule has 1 fully saturated rings. The van der Waals surface area contributed by atoms with Gasteiger partial charge >= 0.3 is 0 Å². The van der Waals surface area contributed by atoms with Crippen LogP contribution in [-0.4, -0.2) is 46.8 Å². The van der Waals surface area contributed by atoms with Crippen LogP contribution in [0.4, 0.5) is 27.6 Å². The van der Waals surface area contributed by atoms with Crippen LogP contribution in [0.3, 0.4) is 0 Å². The summed E-state index contributed by atoms with van der Waals surface area (Å²) < 4.78 is 81.6.